The van der Waals surface area contributed by atoms with Crippen molar-refractivity contribution in [1.82, 2.24) is 9.97 Å². The minimum Gasteiger partial charge on any atom is -0.460 e. The normalized spacial score (nSPS) is 15.7. The number of aromatic nitrogens is 2. The summed E-state index contributed by atoms with van der Waals surface area (Å²) in [4.78, 5) is 8.10. The first-order valence-corrected chi connectivity index (χ1v) is 4.70. The molecule has 0 amide bonds. The van der Waals surface area contributed by atoms with E-state index in [2.05, 4.69) is 9.97 Å². The molecule has 1 heterocycles. The summed E-state index contributed by atoms with van der Waals surface area (Å²) in [5.74, 6) is 0. The number of aryl methyl sites for hydroxylation is 1. The van der Waals surface area contributed by atoms with Crippen LogP contribution in [0.4, 0.5) is 0 Å². The predicted molar refractivity (Wildman–Crippen MR) is 49.8 cm³/mol. The molecule has 0 radical (unpaired) electrons. The van der Waals surface area contributed by atoms with E-state index in [4.69, 9.17) is 10.00 Å². The Morgan fingerprint density at radius 2 is 2.29 bits per heavy atom. The van der Waals surface area contributed by atoms with Crippen molar-refractivity contribution in [3.05, 3.63) is 17.5 Å². The quantitative estimate of drug-likeness (QED) is 0.708. The molecule has 14 heavy (non-hydrogen) atoms. The highest BCUT2D eigenvalue weighted by Gasteiger charge is 2.20. The molecule has 4 heteroatoms. The van der Waals surface area contributed by atoms with Crippen LogP contribution in [0.5, 0.6) is 6.01 Å². The smallest absolute Gasteiger partial charge is 0.318 e. The van der Waals surface area contributed by atoms with Crippen LogP contribution in [0, 0.1) is 18.3 Å². The maximum Gasteiger partial charge on any atom is 0.318 e. The second-order valence-electron chi connectivity index (χ2n) is 3.46. The van der Waals surface area contributed by atoms with E-state index in [9.17, 15) is 0 Å². The molecular weight excluding hydrogens is 178 g/mol. The molecule has 0 aromatic carbocycles. The van der Waals surface area contributed by atoms with Gasteiger partial charge in [-0.1, -0.05) is 0 Å². The summed E-state index contributed by atoms with van der Waals surface area (Å²) < 4.78 is 5.50. The second-order valence-corrected chi connectivity index (χ2v) is 3.46. The van der Waals surface area contributed by atoms with Gasteiger partial charge in [0.25, 0.3) is 0 Å². The average molecular weight is 189 g/mol. The van der Waals surface area contributed by atoms with Gasteiger partial charge in [0, 0.05) is 5.69 Å². The molecule has 0 atom stereocenters. The third kappa shape index (κ3) is 1.82. The van der Waals surface area contributed by atoms with E-state index < -0.39 is 0 Å². The van der Waals surface area contributed by atoms with Crippen LogP contribution in [0.3, 0.4) is 0 Å². The zero-order valence-corrected chi connectivity index (χ0v) is 8.03. The Kier molecular flexibility index (Phi) is 2.32. The Balaban J connectivity index is 2.16. The lowest BCUT2D eigenvalue weighted by atomic mass is 9.96. The number of hydrogen-bond donors (Lipinski definition) is 0. The highest BCUT2D eigenvalue weighted by atomic mass is 16.5. The molecule has 0 bridgehead atoms. The van der Waals surface area contributed by atoms with Crippen molar-refractivity contribution in [3.63, 3.8) is 0 Å². The van der Waals surface area contributed by atoms with E-state index in [1.807, 2.05) is 13.0 Å². The standard InChI is InChI=1S/C10H11N3O/c1-7-5-8(6-11)13-10(12-7)14-9-3-2-4-9/h5,9H,2-4H2,1H3. The Labute approximate surface area is 82.6 Å². The summed E-state index contributed by atoms with van der Waals surface area (Å²) in [6, 6.07) is 3.97. The molecule has 4 nitrogen and oxygen atoms in total. The minimum atomic E-state index is 0.253. The lowest BCUT2D eigenvalue weighted by Crippen LogP contribution is -2.25. The Hall–Kier alpha value is -1.63. The van der Waals surface area contributed by atoms with E-state index in [0.29, 0.717) is 11.7 Å². The summed E-state index contributed by atoms with van der Waals surface area (Å²) in [5, 5.41) is 8.70. The molecule has 1 aliphatic carbocycles. The molecular formula is C10H11N3O. The van der Waals surface area contributed by atoms with Crippen LogP contribution in [-0.2, 0) is 0 Å². The van der Waals surface area contributed by atoms with Crippen LogP contribution in [0.15, 0.2) is 6.07 Å². The Morgan fingerprint density at radius 1 is 1.50 bits per heavy atom. The van der Waals surface area contributed by atoms with Crippen molar-refractivity contribution in [2.45, 2.75) is 32.3 Å². The number of hydrogen-bond acceptors (Lipinski definition) is 4. The van der Waals surface area contributed by atoms with E-state index in [-0.39, 0.29) is 6.10 Å². The first-order chi connectivity index (χ1) is 6.78. The Morgan fingerprint density at radius 3 is 2.86 bits per heavy atom. The molecule has 0 aliphatic heterocycles. The fourth-order valence-corrected chi connectivity index (χ4v) is 1.29. The van der Waals surface area contributed by atoms with Crippen LogP contribution in [-0.4, -0.2) is 16.1 Å². The first-order valence-electron chi connectivity index (χ1n) is 4.70. The van der Waals surface area contributed by atoms with E-state index in [1.165, 1.54) is 6.42 Å². The number of ether oxygens (including phenoxy) is 1. The third-order valence-corrected chi connectivity index (χ3v) is 2.27. The highest BCUT2D eigenvalue weighted by Crippen LogP contribution is 2.23. The molecule has 72 valence electrons. The average Bonchev–Trinajstić information content (AvgIpc) is 2.10. The van der Waals surface area contributed by atoms with Gasteiger partial charge < -0.3 is 4.74 Å². The SMILES string of the molecule is Cc1cc(C#N)nc(OC2CCC2)n1. The van der Waals surface area contributed by atoms with Crippen molar-refractivity contribution < 1.29 is 4.74 Å². The number of nitriles is 1. The molecule has 1 fully saturated rings. The molecule has 0 spiro atoms. The summed E-state index contributed by atoms with van der Waals surface area (Å²) in [6.07, 6.45) is 3.60. The fourth-order valence-electron chi connectivity index (χ4n) is 1.29. The maximum absolute atomic E-state index is 8.70. The van der Waals surface area contributed by atoms with Gasteiger partial charge in [-0.25, -0.2) is 4.98 Å². The largest absolute Gasteiger partial charge is 0.460 e. The predicted octanol–water partition coefficient (Wildman–Crippen LogP) is 1.59. The van der Waals surface area contributed by atoms with Crippen molar-refractivity contribution in [2.24, 2.45) is 0 Å². The zero-order valence-electron chi connectivity index (χ0n) is 8.03. The van der Waals surface area contributed by atoms with E-state index in [1.54, 1.807) is 6.07 Å². The summed E-state index contributed by atoms with van der Waals surface area (Å²) in [7, 11) is 0. The minimum absolute atomic E-state index is 0.253. The Bertz CT molecular complexity index is 379. The van der Waals surface area contributed by atoms with Gasteiger partial charge in [-0.3, -0.25) is 0 Å². The fraction of sp³-hybridized carbons (Fsp3) is 0.500. The topological polar surface area (TPSA) is 58.8 Å². The molecule has 0 saturated heterocycles. The van der Waals surface area contributed by atoms with Gasteiger partial charge in [0.2, 0.25) is 0 Å². The number of nitrogens with zero attached hydrogens (tertiary/aromatic N) is 3. The van der Waals surface area contributed by atoms with Gasteiger partial charge in [-0.2, -0.15) is 10.2 Å². The van der Waals surface area contributed by atoms with Gasteiger partial charge in [0.1, 0.15) is 17.9 Å². The van der Waals surface area contributed by atoms with Crippen molar-refractivity contribution in [2.75, 3.05) is 0 Å². The van der Waals surface area contributed by atoms with E-state index in [0.717, 1.165) is 18.5 Å². The lowest BCUT2D eigenvalue weighted by molar-refractivity contribution is 0.108. The van der Waals surface area contributed by atoms with Crippen LogP contribution in [0.25, 0.3) is 0 Å². The molecule has 2 rings (SSSR count). The molecule has 1 aliphatic rings. The van der Waals surface area contributed by atoms with Gasteiger partial charge >= 0.3 is 6.01 Å². The molecule has 1 aromatic heterocycles. The van der Waals surface area contributed by atoms with Crippen LogP contribution >= 0.6 is 0 Å². The molecule has 0 unspecified atom stereocenters. The van der Waals surface area contributed by atoms with Gasteiger partial charge in [-0.05, 0) is 32.3 Å². The first kappa shape index (κ1) is 8.95. The van der Waals surface area contributed by atoms with Crippen molar-refractivity contribution >= 4 is 0 Å². The van der Waals surface area contributed by atoms with E-state index >= 15 is 0 Å². The summed E-state index contributed by atoms with van der Waals surface area (Å²) in [5.41, 5.74) is 1.14. The second kappa shape index (κ2) is 3.62. The third-order valence-electron chi connectivity index (χ3n) is 2.27. The molecule has 0 N–H and O–H groups in total. The van der Waals surface area contributed by atoms with Gasteiger partial charge in [0.05, 0.1) is 0 Å². The maximum atomic E-state index is 8.70. The van der Waals surface area contributed by atoms with Crippen LogP contribution < -0.4 is 4.74 Å². The molecule has 1 aromatic rings. The van der Waals surface area contributed by atoms with Crippen LogP contribution in [0.2, 0.25) is 0 Å². The summed E-state index contributed by atoms with van der Waals surface area (Å²) in [6.45, 7) is 1.83. The number of rotatable bonds is 2. The molecule has 1 saturated carbocycles. The highest BCUT2D eigenvalue weighted by molar-refractivity contribution is 5.23. The van der Waals surface area contributed by atoms with Crippen molar-refractivity contribution in [1.29, 1.82) is 5.26 Å². The van der Waals surface area contributed by atoms with Gasteiger partial charge in [0.15, 0.2) is 0 Å². The van der Waals surface area contributed by atoms with Crippen molar-refractivity contribution in [3.8, 4) is 12.1 Å². The zero-order chi connectivity index (χ0) is 9.97. The summed E-state index contributed by atoms with van der Waals surface area (Å²) >= 11 is 0. The monoisotopic (exact) mass is 189 g/mol. The lowest BCUT2D eigenvalue weighted by Gasteiger charge is -2.25. The van der Waals surface area contributed by atoms with Gasteiger partial charge in [-0.15, -0.1) is 0 Å². The van der Waals surface area contributed by atoms with Crippen LogP contribution in [0.1, 0.15) is 30.7 Å².